The Morgan fingerprint density at radius 1 is 1.08 bits per heavy atom. The summed E-state index contributed by atoms with van der Waals surface area (Å²) in [5.74, 6) is -0.110. The third-order valence-electron chi connectivity index (χ3n) is 6.89. The molecule has 0 saturated carbocycles. The number of carbonyl (C=O) groups is 1. The molecular formula is C27H36ClN5O3S. The van der Waals surface area contributed by atoms with Gasteiger partial charge in [0, 0.05) is 55.9 Å². The van der Waals surface area contributed by atoms with E-state index in [1.54, 1.807) is 17.0 Å². The average molecular weight is 546 g/mol. The minimum atomic E-state index is -3.55. The van der Waals surface area contributed by atoms with Crippen LogP contribution in [0.4, 0.5) is 5.69 Å². The molecule has 4 rings (SSSR count). The van der Waals surface area contributed by atoms with E-state index in [0.29, 0.717) is 42.3 Å². The van der Waals surface area contributed by atoms with Gasteiger partial charge in [0.15, 0.2) is 0 Å². The molecule has 1 aliphatic heterocycles. The van der Waals surface area contributed by atoms with Crippen molar-refractivity contribution in [3.63, 3.8) is 0 Å². The monoisotopic (exact) mass is 545 g/mol. The summed E-state index contributed by atoms with van der Waals surface area (Å²) in [6.45, 7) is 9.78. The SMILES string of the molecule is CCCn1cnc2cc(C(=O)N3CCN(C(C)C)CCCN(S(C)(=O)=O)c4cc(Cl)ccc4C3)ccc21. The van der Waals surface area contributed by atoms with E-state index in [4.69, 9.17) is 11.6 Å². The lowest BCUT2D eigenvalue weighted by Gasteiger charge is -2.30. The first kappa shape index (κ1) is 27.4. The molecule has 2 aromatic carbocycles. The molecule has 0 N–H and O–H groups in total. The summed E-state index contributed by atoms with van der Waals surface area (Å²) in [4.78, 5) is 22.5. The van der Waals surface area contributed by atoms with E-state index in [1.807, 2.05) is 30.6 Å². The molecule has 8 nitrogen and oxygen atoms in total. The minimum Gasteiger partial charge on any atom is -0.333 e. The van der Waals surface area contributed by atoms with Crippen molar-refractivity contribution in [1.82, 2.24) is 19.4 Å². The van der Waals surface area contributed by atoms with Crippen LogP contribution in [0, 0.1) is 0 Å². The van der Waals surface area contributed by atoms with Gasteiger partial charge in [-0.15, -0.1) is 0 Å². The van der Waals surface area contributed by atoms with Crippen LogP contribution >= 0.6 is 11.6 Å². The largest absolute Gasteiger partial charge is 0.333 e. The highest BCUT2D eigenvalue weighted by atomic mass is 35.5. The Morgan fingerprint density at radius 2 is 1.86 bits per heavy atom. The molecule has 0 unspecified atom stereocenters. The van der Waals surface area contributed by atoms with Crippen LogP contribution in [0.3, 0.4) is 0 Å². The molecule has 0 spiro atoms. The maximum Gasteiger partial charge on any atom is 0.254 e. The number of halogens is 1. The van der Waals surface area contributed by atoms with Gasteiger partial charge in [0.05, 0.1) is 29.3 Å². The summed E-state index contributed by atoms with van der Waals surface area (Å²) in [6, 6.07) is 11.2. The first-order valence-electron chi connectivity index (χ1n) is 12.8. The zero-order valence-corrected chi connectivity index (χ0v) is 23.6. The standard InChI is InChI=1S/C27H36ClN5O3S/c1-5-11-32-19-29-24-16-21(8-10-25(24)32)27(34)31-15-14-30(20(2)3)12-6-13-33(37(4,35)36)26-17-23(28)9-7-22(26)18-31/h7-10,16-17,19-20H,5-6,11-15,18H2,1-4H3. The molecule has 200 valence electrons. The lowest BCUT2D eigenvalue weighted by atomic mass is 10.1. The number of aryl methyl sites for hydroxylation is 1. The van der Waals surface area contributed by atoms with Gasteiger partial charge < -0.3 is 9.47 Å². The molecule has 1 amide bonds. The molecule has 1 aliphatic rings. The second-order valence-electron chi connectivity index (χ2n) is 9.96. The number of anilines is 1. The van der Waals surface area contributed by atoms with Crippen LogP contribution in [-0.2, 0) is 23.1 Å². The Kier molecular flexibility index (Phi) is 8.46. The van der Waals surface area contributed by atoms with Crippen molar-refractivity contribution >= 4 is 44.3 Å². The van der Waals surface area contributed by atoms with Gasteiger partial charge in [-0.25, -0.2) is 13.4 Å². The van der Waals surface area contributed by atoms with E-state index >= 15 is 0 Å². The predicted molar refractivity (Wildman–Crippen MR) is 150 cm³/mol. The molecule has 3 aromatic rings. The number of imidazole rings is 1. The third-order valence-corrected chi connectivity index (χ3v) is 8.31. The Balaban J connectivity index is 1.74. The number of carbonyl (C=O) groups excluding carboxylic acids is 1. The smallest absolute Gasteiger partial charge is 0.254 e. The first-order valence-corrected chi connectivity index (χ1v) is 15.1. The zero-order chi connectivity index (χ0) is 26.7. The summed E-state index contributed by atoms with van der Waals surface area (Å²) in [5, 5.41) is 0.456. The second-order valence-corrected chi connectivity index (χ2v) is 12.3. The summed E-state index contributed by atoms with van der Waals surface area (Å²) >= 11 is 6.31. The lowest BCUT2D eigenvalue weighted by molar-refractivity contribution is 0.0712. The van der Waals surface area contributed by atoms with Crippen molar-refractivity contribution in [3.05, 3.63) is 58.9 Å². The van der Waals surface area contributed by atoms with Gasteiger partial charge >= 0.3 is 0 Å². The van der Waals surface area contributed by atoms with Crippen LogP contribution in [0.1, 0.15) is 49.5 Å². The fraction of sp³-hybridized carbons (Fsp3) is 0.481. The Labute approximate surface area is 224 Å². The minimum absolute atomic E-state index is 0.110. The maximum atomic E-state index is 13.9. The lowest BCUT2D eigenvalue weighted by Crippen LogP contribution is -2.41. The quantitative estimate of drug-likeness (QED) is 0.467. The van der Waals surface area contributed by atoms with E-state index in [1.165, 1.54) is 10.6 Å². The highest BCUT2D eigenvalue weighted by Crippen LogP contribution is 2.29. The van der Waals surface area contributed by atoms with E-state index in [9.17, 15) is 13.2 Å². The van der Waals surface area contributed by atoms with Crippen LogP contribution < -0.4 is 4.31 Å². The van der Waals surface area contributed by atoms with Gasteiger partial charge in [0.2, 0.25) is 10.0 Å². The number of rotatable bonds is 5. The topological polar surface area (TPSA) is 78.8 Å². The molecule has 2 heterocycles. The van der Waals surface area contributed by atoms with Gasteiger partial charge in [-0.3, -0.25) is 14.0 Å². The van der Waals surface area contributed by atoms with Gasteiger partial charge in [-0.2, -0.15) is 0 Å². The molecule has 10 heteroatoms. The van der Waals surface area contributed by atoms with Crippen LogP contribution in [0.5, 0.6) is 0 Å². The van der Waals surface area contributed by atoms with Crippen molar-refractivity contribution in [2.45, 2.75) is 52.7 Å². The second kappa shape index (κ2) is 11.4. The average Bonchev–Trinajstić information content (AvgIpc) is 3.22. The fourth-order valence-electron chi connectivity index (χ4n) is 4.92. The molecule has 0 aliphatic carbocycles. The molecule has 0 fully saturated rings. The maximum absolute atomic E-state index is 13.9. The van der Waals surface area contributed by atoms with E-state index < -0.39 is 10.0 Å². The highest BCUT2D eigenvalue weighted by Gasteiger charge is 2.26. The Morgan fingerprint density at radius 3 is 2.57 bits per heavy atom. The molecular weight excluding hydrogens is 510 g/mol. The number of hydrogen-bond acceptors (Lipinski definition) is 5. The number of hydrogen-bond donors (Lipinski definition) is 0. The van der Waals surface area contributed by atoms with Crippen molar-refractivity contribution in [2.75, 3.05) is 36.7 Å². The highest BCUT2D eigenvalue weighted by molar-refractivity contribution is 7.92. The van der Waals surface area contributed by atoms with Gasteiger partial charge in [0.1, 0.15) is 0 Å². The van der Waals surface area contributed by atoms with Crippen molar-refractivity contribution in [2.24, 2.45) is 0 Å². The van der Waals surface area contributed by atoms with Crippen molar-refractivity contribution in [1.29, 1.82) is 0 Å². The molecule has 0 radical (unpaired) electrons. The van der Waals surface area contributed by atoms with Crippen molar-refractivity contribution in [3.8, 4) is 0 Å². The van der Waals surface area contributed by atoms with E-state index in [2.05, 4.69) is 35.2 Å². The van der Waals surface area contributed by atoms with Gasteiger partial charge in [0.25, 0.3) is 5.91 Å². The third kappa shape index (κ3) is 6.27. The predicted octanol–water partition coefficient (Wildman–Crippen LogP) is 4.62. The molecule has 37 heavy (non-hydrogen) atoms. The number of fused-ring (bicyclic) bond motifs is 2. The number of aromatic nitrogens is 2. The summed E-state index contributed by atoms with van der Waals surface area (Å²) in [7, 11) is -3.55. The fourth-order valence-corrected chi connectivity index (χ4v) is 6.07. The summed E-state index contributed by atoms with van der Waals surface area (Å²) in [5.41, 5.74) is 3.63. The normalized spacial score (nSPS) is 16.2. The molecule has 0 bridgehead atoms. The van der Waals surface area contributed by atoms with Crippen molar-refractivity contribution < 1.29 is 13.2 Å². The first-order chi connectivity index (χ1) is 17.6. The van der Waals surface area contributed by atoms with Crippen LogP contribution in [0.25, 0.3) is 11.0 Å². The number of sulfonamides is 1. The molecule has 0 atom stereocenters. The van der Waals surface area contributed by atoms with Crippen LogP contribution in [0.15, 0.2) is 42.7 Å². The molecule has 1 aromatic heterocycles. The van der Waals surface area contributed by atoms with E-state index in [-0.39, 0.29) is 18.5 Å². The van der Waals surface area contributed by atoms with E-state index in [0.717, 1.165) is 36.1 Å². The van der Waals surface area contributed by atoms with Gasteiger partial charge in [-0.1, -0.05) is 24.6 Å². The van der Waals surface area contributed by atoms with Gasteiger partial charge in [-0.05, 0) is 62.6 Å². The Bertz CT molecular complexity index is 1370. The van der Waals surface area contributed by atoms with Crippen LogP contribution in [0.2, 0.25) is 5.02 Å². The number of nitrogens with zero attached hydrogens (tertiary/aromatic N) is 5. The summed E-state index contributed by atoms with van der Waals surface area (Å²) in [6.07, 6.45) is 4.70. The zero-order valence-electron chi connectivity index (χ0n) is 22.0. The summed E-state index contributed by atoms with van der Waals surface area (Å²) < 4.78 is 29.1. The Hall–Kier alpha value is -2.62. The van der Waals surface area contributed by atoms with Crippen LogP contribution in [-0.4, -0.2) is 72.2 Å². The number of benzene rings is 2. The number of amides is 1. The molecule has 0 saturated heterocycles.